The summed E-state index contributed by atoms with van der Waals surface area (Å²) in [6, 6.07) is 10.1. The SMILES string of the molecule is CC(C)(C)CCCCCCCCCCCOCn1ncc2c(=O)[nH]c3cc(-c4ccncc4)ccc3c21. The van der Waals surface area contributed by atoms with Crippen molar-refractivity contribution < 1.29 is 4.74 Å². The van der Waals surface area contributed by atoms with Crippen LogP contribution in [0.5, 0.6) is 0 Å². The van der Waals surface area contributed by atoms with E-state index in [9.17, 15) is 4.79 Å². The highest BCUT2D eigenvalue weighted by atomic mass is 16.5. The molecule has 0 amide bonds. The van der Waals surface area contributed by atoms with E-state index in [1.807, 2.05) is 24.3 Å². The zero-order valence-corrected chi connectivity index (χ0v) is 22.8. The van der Waals surface area contributed by atoms with Crippen molar-refractivity contribution in [1.82, 2.24) is 19.7 Å². The van der Waals surface area contributed by atoms with E-state index in [2.05, 4.69) is 41.9 Å². The Bertz CT molecular complexity index is 1320. The average Bonchev–Trinajstić information content (AvgIpc) is 3.31. The minimum absolute atomic E-state index is 0.130. The third-order valence-electron chi connectivity index (χ3n) is 7.05. The van der Waals surface area contributed by atoms with Crippen LogP contribution in [-0.2, 0) is 11.5 Å². The van der Waals surface area contributed by atoms with Crippen molar-refractivity contribution in [1.29, 1.82) is 0 Å². The van der Waals surface area contributed by atoms with Gasteiger partial charge in [-0.15, -0.1) is 0 Å². The molecule has 0 saturated heterocycles. The lowest BCUT2D eigenvalue weighted by Crippen LogP contribution is -2.09. The van der Waals surface area contributed by atoms with Crippen molar-refractivity contribution in [2.45, 2.75) is 91.7 Å². The molecule has 0 spiro atoms. The second kappa shape index (κ2) is 13.0. The number of benzene rings is 1. The first-order valence-corrected chi connectivity index (χ1v) is 13.9. The van der Waals surface area contributed by atoms with Gasteiger partial charge in [0.15, 0.2) is 0 Å². The molecule has 198 valence electrons. The maximum Gasteiger partial charge on any atom is 0.259 e. The molecule has 0 aliphatic carbocycles. The molecule has 6 heteroatoms. The smallest absolute Gasteiger partial charge is 0.259 e. The van der Waals surface area contributed by atoms with Crippen molar-refractivity contribution in [3.05, 3.63) is 59.3 Å². The molecule has 0 radical (unpaired) electrons. The van der Waals surface area contributed by atoms with Crippen molar-refractivity contribution in [3.63, 3.8) is 0 Å². The predicted molar refractivity (Wildman–Crippen MR) is 153 cm³/mol. The van der Waals surface area contributed by atoms with Gasteiger partial charge < -0.3 is 9.72 Å². The van der Waals surface area contributed by atoms with Crippen LogP contribution in [0.3, 0.4) is 0 Å². The summed E-state index contributed by atoms with van der Waals surface area (Å²) in [6.07, 6.45) is 18.2. The molecule has 3 aromatic heterocycles. The van der Waals surface area contributed by atoms with Gasteiger partial charge in [0.2, 0.25) is 0 Å². The highest BCUT2D eigenvalue weighted by molar-refractivity contribution is 6.04. The Balaban J connectivity index is 1.21. The molecule has 0 atom stereocenters. The number of unbranched alkanes of at least 4 members (excludes halogenated alkanes) is 8. The molecule has 1 aromatic carbocycles. The summed E-state index contributed by atoms with van der Waals surface area (Å²) in [4.78, 5) is 19.8. The van der Waals surface area contributed by atoms with Crippen LogP contribution in [0.25, 0.3) is 32.9 Å². The standard InChI is InChI=1S/C31H42N4O2/c1-31(2,3)17-11-9-7-5-4-6-8-10-12-20-37-23-35-29-26-14-13-25(24-15-18-32-19-16-24)21-28(26)34-30(36)27(29)22-33-35/h13-16,18-19,21-22H,4-12,17,20,23H2,1-3H3,(H,34,36). The number of nitrogens with zero attached hydrogens (tertiary/aromatic N) is 3. The van der Waals surface area contributed by atoms with Gasteiger partial charge in [-0.3, -0.25) is 9.78 Å². The van der Waals surface area contributed by atoms with Gasteiger partial charge in [0.25, 0.3) is 5.56 Å². The fourth-order valence-corrected chi connectivity index (χ4v) is 4.95. The van der Waals surface area contributed by atoms with Crippen LogP contribution in [0.4, 0.5) is 0 Å². The third-order valence-corrected chi connectivity index (χ3v) is 7.05. The number of hydrogen-bond donors (Lipinski definition) is 1. The zero-order valence-electron chi connectivity index (χ0n) is 22.8. The summed E-state index contributed by atoms with van der Waals surface area (Å²) < 4.78 is 7.75. The number of nitrogens with one attached hydrogen (secondary N) is 1. The van der Waals surface area contributed by atoms with E-state index in [0.717, 1.165) is 34.0 Å². The van der Waals surface area contributed by atoms with E-state index in [-0.39, 0.29) is 5.56 Å². The summed E-state index contributed by atoms with van der Waals surface area (Å²) in [7, 11) is 0. The fourth-order valence-electron chi connectivity index (χ4n) is 4.95. The molecule has 0 unspecified atom stereocenters. The van der Waals surface area contributed by atoms with Crippen LogP contribution in [0.2, 0.25) is 0 Å². The second-order valence-corrected chi connectivity index (χ2v) is 11.4. The molecule has 0 aliphatic heterocycles. The fraction of sp³-hybridized carbons (Fsp3) is 0.516. The number of pyridine rings is 2. The van der Waals surface area contributed by atoms with Crippen LogP contribution < -0.4 is 5.56 Å². The van der Waals surface area contributed by atoms with E-state index in [1.165, 1.54) is 57.8 Å². The third kappa shape index (κ3) is 7.75. The predicted octanol–water partition coefficient (Wildman–Crippen LogP) is 7.86. The normalized spacial score (nSPS) is 12.1. The lowest BCUT2D eigenvalue weighted by atomic mass is 9.89. The Morgan fingerprint density at radius 1 is 0.838 bits per heavy atom. The summed E-state index contributed by atoms with van der Waals surface area (Å²) in [6.45, 7) is 8.05. The Morgan fingerprint density at radius 3 is 2.22 bits per heavy atom. The number of rotatable bonds is 14. The summed E-state index contributed by atoms with van der Waals surface area (Å²) in [5.74, 6) is 0. The van der Waals surface area contributed by atoms with E-state index < -0.39 is 0 Å². The number of aromatic amines is 1. The molecular weight excluding hydrogens is 460 g/mol. The molecule has 3 heterocycles. The quantitative estimate of drug-likeness (QED) is 0.178. The van der Waals surface area contributed by atoms with Crippen LogP contribution >= 0.6 is 0 Å². The van der Waals surface area contributed by atoms with Gasteiger partial charge in [-0.05, 0) is 47.6 Å². The highest BCUT2D eigenvalue weighted by Gasteiger charge is 2.12. The Morgan fingerprint density at radius 2 is 1.51 bits per heavy atom. The number of aromatic nitrogens is 4. The number of hydrogen-bond acceptors (Lipinski definition) is 4. The molecular formula is C31H42N4O2. The van der Waals surface area contributed by atoms with Crippen LogP contribution in [0.15, 0.2) is 53.7 Å². The molecule has 1 N–H and O–H groups in total. The molecule has 0 fully saturated rings. The molecule has 6 nitrogen and oxygen atoms in total. The largest absolute Gasteiger partial charge is 0.359 e. The Hall–Kier alpha value is -2.99. The van der Waals surface area contributed by atoms with E-state index >= 15 is 0 Å². The first kappa shape index (κ1) is 27.1. The topological polar surface area (TPSA) is 72.8 Å². The van der Waals surface area contributed by atoms with Gasteiger partial charge in [0.05, 0.1) is 22.6 Å². The first-order valence-electron chi connectivity index (χ1n) is 13.9. The first-order chi connectivity index (χ1) is 17.9. The number of H-pyrrole nitrogens is 1. The lowest BCUT2D eigenvalue weighted by molar-refractivity contribution is 0.0689. The maximum atomic E-state index is 12.7. The minimum atomic E-state index is -0.130. The van der Waals surface area contributed by atoms with Gasteiger partial charge in [0.1, 0.15) is 6.73 Å². The zero-order chi connectivity index (χ0) is 26.1. The van der Waals surface area contributed by atoms with E-state index in [0.29, 0.717) is 24.1 Å². The molecule has 0 saturated carbocycles. The average molecular weight is 503 g/mol. The van der Waals surface area contributed by atoms with Crippen molar-refractivity contribution in [2.24, 2.45) is 5.41 Å². The monoisotopic (exact) mass is 502 g/mol. The van der Waals surface area contributed by atoms with Gasteiger partial charge >= 0.3 is 0 Å². The number of ether oxygens (including phenoxy) is 1. The number of fused-ring (bicyclic) bond motifs is 3. The van der Waals surface area contributed by atoms with Crippen LogP contribution in [-0.4, -0.2) is 26.4 Å². The van der Waals surface area contributed by atoms with Gasteiger partial charge in [-0.2, -0.15) is 5.10 Å². The van der Waals surface area contributed by atoms with Crippen molar-refractivity contribution in [2.75, 3.05) is 6.61 Å². The summed E-state index contributed by atoms with van der Waals surface area (Å²) in [5, 5.41) is 6.01. The second-order valence-electron chi connectivity index (χ2n) is 11.4. The summed E-state index contributed by atoms with van der Waals surface area (Å²) >= 11 is 0. The van der Waals surface area contributed by atoms with Crippen molar-refractivity contribution in [3.8, 4) is 11.1 Å². The van der Waals surface area contributed by atoms with Crippen molar-refractivity contribution >= 4 is 21.8 Å². The van der Waals surface area contributed by atoms with E-state index in [4.69, 9.17) is 4.74 Å². The van der Waals surface area contributed by atoms with Gasteiger partial charge in [-0.25, -0.2) is 4.68 Å². The highest BCUT2D eigenvalue weighted by Crippen LogP contribution is 2.27. The van der Waals surface area contributed by atoms with Gasteiger partial charge in [-0.1, -0.05) is 84.3 Å². The Labute approximate surface area is 220 Å². The van der Waals surface area contributed by atoms with Gasteiger partial charge in [0, 0.05) is 24.4 Å². The van der Waals surface area contributed by atoms with E-state index in [1.54, 1.807) is 23.3 Å². The molecule has 0 aliphatic rings. The Kier molecular flexibility index (Phi) is 9.51. The van der Waals surface area contributed by atoms with Crippen LogP contribution in [0, 0.1) is 5.41 Å². The minimum Gasteiger partial charge on any atom is -0.359 e. The summed E-state index contributed by atoms with van der Waals surface area (Å²) in [5.41, 5.74) is 4.06. The molecule has 4 rings (SSSR count). The maximum absolute atomic E-state index is 12.7. The molecule has 37 heavy (non-hydrogen) atoms. The molecule has 4 aromatic rings. The molecule has 0 bridgehead atoms. The van der Waals surface area contributed by atoms with Crippen LogP contribution in [0.1, 0.15) is 85.0 Å². The lowest BCUT2D eigenvalue weighted by Gasteiger charge is -2.17.